The fourth-order valence-corrected chi connectivity index (χ4v) is 9.50. The zero-order valence-corrected chi connectivity index (χ0v) is 22.4. The van der Waals surface area contributed by atoms with Gasteiger partial charge < -0.3 is 5.11 Å². The van der Waals surface area contributed by atoms with Crippen molar-refractivity contribution >= 4 is 0 Å². The summed E-state index contributed by atoms with van der Waals surface area (Å²) < 4.78 is 0. The van der Waals surface area contributed by atoms with Gasteiger partial charge in [-0.1, -0.05) is 78.2 Å². The number of aliphatic hydroxyl groups is 1. The highest BCUT2D eigenvalue weighted by Gasteiger charge is 2.61. The summed E-state index contributed by atoms with van der Waals surface area (Å²) in [5.41, 5.74) is 6.32. The van der Waals surface area contributed by atoms with Gasteiger partial charge >= 0.3 is 0 Å². The van der Waals surface area contributed by atoms with Gasteiger partial charge in [-0.3, -0.25) is 0 Å². The van der Waals surface area contributed by atoms with Crippen LogP contribution in [0.25, 0.3) is 0 Å². The molecule has 8 atom stereocenters. The van der Waals surface area contributed by atoms with Gasteiger partial charge in [0.2, 0.25) is 0 Å². The fourth-order valence-electron chi connectivity index (χ4n) is 9.50. The van der Waals surface area contributed by atoms with Crippen molar-refractivity contribution in [2.75, 3.05) is 0 Å². The minimum absolute atomic E-state index is 0.0864. The molecule has 0 aliphatic heterocycles. The molecule has 0 saturated heterocycles. The predicted octanol–water partition coefficient (Wildman–Crippen LogP) is 8.73. The summed E-state index contributed by atoms with van der Waals surface area (Å²) in [6.45, 7) is 22.0. The Morgan fingerprint density at radius 3 is 2.41 bits per heavy atom. The van der Waals surface area contributed by atoms with Crippen LogP contribution < -0.4 is 0 Å². The summed E-state index contributed by atoms with van der Waals surface area (Å²) >= 11 is 0. The molecule has 0 radical (unpaired) electrons. The second-order valence-electron chi connectivity index (χ2n) is 13.4. The van der Waals surface area contributed by atoms with Gasteiger partial charge in [0.05, 0.1) is 6.10 Å². The summed E-state index contributed by atoms with van der Waals surface area (Å²) in [5.74, 6) is 3.45. The lowest BCUT2D eigenvalue weighted by Gasteiger charge is -2.59. The van der Waals surface area contributed by atoms with E-state index in [1.807, 2.05) is 11.1 Å². The minimum atomic E-state index is -0.0864. The lowest BCUT2D eigenvalue weighted by molar-refractivity contribution is -0.0382. The standard InChI is InChI=1S/C31H52O/c1-9-23(20(2)3)11-10-21(4)24-14-18-31(8)27-13-12-25-22(5)28(32)16-17-29(25,6)26(27)15-19-30(24,31)7/h20,22-25,28,32H,4,9-19H2,1-3,5-8H3/t22-,23?,24+,25-,28-,29-,30+,31-/m0/s1. The van der Waals surface area contributed by atoms with E-state index in [0.29, 0.717) is 34.0 Å². The molecular weight excluding hydrogens is 388 g/mol. The average Bonchev–Trinajstić information content (AvgIpc) is 3.02. The van der Waals surface area contributed by atoms with Crippen LogP contribution in [-0.2, 0) is 0 Å². The third-order valence-electron chi connectivity index (χ3n) is 12.1. The quantitative estimate of drug-likeness (QED) is 0.409. The van der Waals surface area contributed by atoms with Crippen LogP contribution in [0.15, 0.2) is 23.3 Å². The molecular formula is C31H52O. The number of aliphatic hydroxyl groups excluding tert-OH is 1. The summed E-state index contributed by atoms with van der Waals surface area (Å²) in [5, 5.41) is 10.6. The number of hydrogen-bond acceptors (Lipinski definition) is 1. The van der Waals surface area contributed by atoms with Crippen LogP contribution in [-0.4, -0.2) is 11.2 Å². The molecule has 0 aromatic heterocycles. The highest BCUT2D eigenvalue weighted by Crippen LogP contribution is 2.71. The maximum atomic E-state index is 10.6. The Kier molecular flexibility index (Phi) is 6.59. The van der Waals surface area contributed by atoms with Gasteiger partial charge in [0.1, 0.15) is 0 Å². The van der Waals surface area contributed by atoms with Crippen molar-refractivity contribution in [1.29, 1.82) is 0 Å². The smallest absolute Gasteiger partial charge is 0.0569 e. The van der Waals surface area contributed by atoms with Crippen molar-refractivity contribution in [3.63, 3.8) is 0 Å². The molecule has 1 heteroatoms. The van der Waals surface area contributed by atoms with Crippen molar-refractivity contribution < 1.29 is 5.11 Å². The molecule has 0 spiro atoms. The summed E-state index contributed by atoms with van der Waals surface area (Å²) in [4.78, 5) is 0. The van der Waals surface area contributed by atoms with Crippen molar-refractivity contribution in [3.05, 3.63) is 23.3 Å². The highest BCUT2D eigenvalue weighted by atomic mass is 16.3. The second kappa shape index (κ2) is 8.58. The molecule has 4 aliphatic rings. The monoisotopic (exact) mass is 440 g/mol. The molecule has 0 amide bonds. The van der Waals surface area contributed by atoms with Crippen LogP contribution >= 0.6 is 0 Å². The third kappa shape index (κ3) is 3.50. The van der Waals surface area contributed by atoms with E-state index in [-0.39, 0.29) is 6.10 Å². The Morgan fingerprint density at radius 1 is 1.03 bits per heavy atom. The topological polar surface area (TPSA) is 20.2 Å². The molecule has 1 unspecified atom stereocenters. The number of hydrogen-bond donors (Lipinski definition) is 1. The van der Waals surface area contributed by atoms with Crippen LogP contribution in [0.1, 0.15) is 119 Å². The molecule has 0 aromatic carbocycles. The SMILES string of the molecule is C=C(CCC(CC)C(C)C)[C@H]1CC[C@@]2(C)C3=C(CC[C@]12C)[C@@]1(C)CC[C@H](O)[C@@H](C)[C@@H]1CC3. The Balaban J connectivity index is 1.59. The van der Waals surface area contributed by atoms with Crippen molar-refractivity contribution in [3.8, 4) is 0 Å². The summed E-state index contributed by atoms with van der Waals surface area (Å²) in [6.07, 6.45) is 13.9. The predicted molar refractivity (Wildman–Crippen MR) is 137 cm³/mol. The van der Waals surface area contributed by atoms with Crippen LogP contribution in [0.2, 0.25) is 0 Å². The van der Waals surface area contributed by atoms with Gasteiger partial charge in [-0.05, 0) is 110 Å². The number of allylic oxidation sites excluding steroid dienone is 3. The molecule has 4 rings (SSSR count). The molecule has 0 aromatic rings. The molecule has 2 saturated carbocycles. The van der Waals surface area contributed by atoms with Gasteiger partial charge in [0.25, 0.3) is 0 Å². The summed E-state index contributed by atoms with van der Waals surface area (Å²) in [7, 11) is 0. The van der Waals surface area contributed by atoms with E-state index in [4.69, 9.17) is 6.58 Å². The van der Waals surface area contributed by atoms with Crippen LogP contribution in [0.4, 0.5) is 0 Å². The molecule has 2 fully saturated rings. The molecule has 1 N–H and O–H groups in total. The molecule has 182 valence electrons. The van der Waals surface area contributed by atoms with Crippen molar-refractivity contribution in [2.24, 2.45) is 45.8 Å². The first-order chi connectivity index (χ1) is 15.0. The highest BCUT2D eigenvalue weighted by molar-refractivity contribution is 5.39. The van der Waals surface area contributed by atoms with Crippen molar-refractivity contribution in [1.82, 2.24) is 0 Å². The number of fused-ring (bicyclic) bond motifs is 4. The molecule has 0 heterocycles. The first-order valence-corrected chi connectivity index (χ1v) is 14.1. The van der Waals surface area contributed by atoms with E-state index in [0.717, 1.165) is 18.3 Å². The zero-order valence-electron chi connectivity index (χ0n) is 22.4. The van der Waals surface area contributed by atoms with Crippen LogP contribution in [0.5, 0.6) is 0 Å². The maximum Gasteiger partial charge on any atom is 0.0569 e. The van der Waals surface area contributed by atoms with E-state index < -0.39 is 0 Å². The Bertz CT molecular complexity index is 760. The Hall–Kier alpha value is -0.560. The van der Waals surface area contributed by atoms with Gasteiger partial charge in [-0.15, -0.1) is 0 Å². The Labute approximate surface area is 199 Å². The molecule has 0 bridgehead atoms. The average molecular weight is 441 g/mol. The molecule has 32 heavy (non-hydrogen) atoms. The van der Waals surface area contributed by atoms with Crippen LogP contribution in [0.3, 0.4) is 0 Å². The third-order valence-corrected chi connectivity index (χ3v) is 12.1. The maximum absolute atomic E-state index is 10.6. The van der Waals surface area contributed by atoms with E-state index in [9.17, 15) is 5.11 Å². The largest absolute Gasteiger partial charge is 0.393 e. The van der Waals surface area contributed by atoms with Gasteiger partial charge in [-0.25, -0.2) is 0 Å². The number of rotatable bonds is 6. The van der Waals surface area contributed by atoms with Gasteiger partial charge in [0, 0.05) is 0 Å². The van der Waals surface area contributed by atoms with Gasteiger partial charge in [0.15, 0.2) is 0 Å². The van der Waals surface area contributed by atoms with E-state index >= 15 is 0 Å². The molecule has 1 nitrogen and oxygen atoms in total. The summed E-state index contributed by atoms with van der Waals surface area (Å²) in [6, 6.07) is 0. The second-order valence-corrected chi connectivity index (χ2v) is 13.4. The van der Waals surface area contributed by atoms with E-state index in [1.165, 1.54) is 64.2 Å². The normalized spacial score (nSPS) is 44.8. The first-order valence-electron chi connectivity index (χ1n) is 14.1. The minimum Gasteiger partial charge on any atom is -0.393 e. The van der Waals surface area contributed by atoms with E-state index in [2.05, 4.69) is 48.5 Å². The lowest BCUT2D eigenvalue weighted by Crippen LogP contribution is -2.51. The van der Waals surface area contributed by atoms with Gasteiger partial charge in [-0.2, -0.15) is 0 Å². The fraction of sp³-hybridized carbons (Fsp3) is 0.871. The Morgan fingerprint density at radius 2 is 1.75 bits per heavy atom. The first kappa shape index (κ1) is 24.6. The zero-order chi connectivity index (χ0) is 23.5. The lowest BCUT2D eigenvalue weighted by atomic mass is 9.45. The van der Waals surface area contributed by atoms with Crippen molar-refractivity contribution in [2.45, 2.75) is 125 Å². The van der Waals surface area contributed by atoms with E-state index in [1.54, 1.807) is 5.57 Å². The van der Waals surface area contributed by atoms with Crippen LogP contribution in [0, 0.1) is 45.8 Å². The molecule has 4 aliphatic carbocycles.